The van der Waals surface area contributed by atoms with Crippen molar-refractivity contribution in [3.63, 3.8) is 0 Å². The maximum atomic E-state index is 11.6. The summed E-state index contributed by atoms with van der Waals surface area (Å²) < 4.78 is 11.6. The fourth-order valence-corrected chi connectivity index (χ4v) is 5.15. The molecule has 168 valence electrons. The number of furan rings is 1. The quantitative estimate of drug-likeness (QED) is 0.174. The van der Waals surface area contributed by atoms with Gasteiger partial charge in [-0.2, -0.15) is 0 Å². The van der Waals surface area contributed by atoms with Crippen molar-refractivity contribution in [2.75, 3.05) is 0 Å². The van der Waals surface area contributed by atoms with Crippen LogP contribution < -0.4 is 5.38 Å². The van der Waals surface area contributed by atoms with Crippen LogP contribution in [0.2, 0.25) is 18.1 Å². The smallest absolute Gasteiger partial charge is 0.303 e. The molecular weight excluding hydrogens is 376 g/mol. The molecule has 1 heterocycles. The van der Waals surface area contributed by atoms with Gasteiger partial charge in [-0.15, -0.1) is 0 Å². The normalized spacial score (nSPS) is 13.5. The Morgan fingerprint density at radius 2 is 1.52 bits per heavy atom. The molecule has 29 heavy (non-hydrogen) atoms. The molecular formula is C25H46O3Si. The van der Waals surface area contributed by atoms with Crippen molar-refractivity contribution in [1.29, 1.82) is 0 Å². The Bertz CT molecular complexity index is 583. The lowest BCUT2D eigenvalue weighted by Crippen LogP contribution is -2.48. The number of hydrogen-bond acceptors (Lipinski definition) is 3. The minimum absolute atomic E-state index is 0.177. The zero-order valence-electron chi connectivity index (χ0n) is 20.2. The van der Waals surface area contributed by atoms with E-state index >= 15 is 0 Å². The zero-order chi connectivity index (χ0) is 21.9. The monoisotopic (exact) mass is 422 g/mol. The third kappa shape index (κ3) is 9.11. The number of rotatable bonds is 14. The van der Waals surface area contributed by atoms with Gasteiger partial charge in [0.25, 0.3) is 0 Å². The first-order valence-electron chi connectivity index (χ1n) is 11.9. The van der Waals surface area contributed by atoms with Gasteiger partial charge < -0.3 is 9.15 Å². The largest absolute Gasteiger partial charge is 0.474 e. The number of carbonyl (C=O) groups is 1. The Kier molecular flexibility index (Phi) is 11.3. The molecule has 0 spiro atoms. The van der Waals surface area contributed by atoms with E-state index in [1.165, 1.54) is 64.7 Å². The van der Waals surface area contributed by atoms with Crippen LogP contribution in [0.1, 0.15) is 117 Å². The topological polar surface area (TPSA) is 39.4 Å². The van der Waals surface area contributed by atoms with Crippen molar-refractivity contribution < 1.29 is 13.9 Å². The third-order valence-corrected chi connectivity index (χ3v) is 11.9. The molecule has 0 saturated carbocycles. The molecule has 0 fully saturated rings. The van der Waals surface area contributed by atoms with Gasteiger partial charge in [-0.25, -0.2) is 0 Å². The summed E-state index contributed by atoms with van der Waals surface area (Å²) in [4.78, 5) is 11.6. The van der Waals surface area contributed by atoms with E-state index in [-0.39, 0.29) is 17.1 Å². The standard InChI is InChI=1S/C25H46O3Si/c1-8-9-10-11-12-13-14-15-16-17-18-23(28-21(2)26)22-19-24(27-20-22)29(6,7)25(3,4)5/h19-20,23H,8-18H2,1-7H3. The summed E-state index contributed by atoms with van der Waals surface area (Å²) in [6, 6.07) is 2.15. The van der Waals surface area contributed by atoms with Gasteiger partial charge in [-0.3, -0.25) is 4.79 Å². The predicted octanol–water partition coefficient (Wildman–Crippen LogP) is 7.91. The van der Waals surface area contributed by atoms with E-state index in [0.717, 1.165) is 23.8 Å². The lowest BCUT2D eigenvalue weighted by atomic mass is 10.0. The SMILES string of the molecule is CCCCCCCCCCCCC(OC(C)=O)c1coc([Si](C)(C)C(C)(C)C)c1. The molecule has 1 aromatic rings. The molecule has 3 nitrogen and oxygen atoms in total. The van der Waals surface area contributed by atoms with Crippen molar-refractivity contribution in [2.24, 2.45) is 0 Å². The van der Waals surface area contributed by atoms with Gasteiger partial charge in [-0.1, -0.05) is 98.6 Å². The van der Waals surface area contributed by atoms with Gasteiger partial charge in [0, 0.05) is 12.5 Å². The molecule has 0 bridgehead atoms. The molecule has 0 aliphatic heterocycles. The minimum atomic E-state index is -1.72. The van der Waals surface area contributed by atoms with Crippen LogP contribution in [-0.2, 0) is 9.53 Å². The van der Waals surface area contributed by atoms with E-state index in [0.29, 0.717) is 0 Å². The summed E-state index contributed by atoms with van der Waals surface area (Å²) in [5, 5.41) is 1.32. The fraction of sp³-hybridized carbons (Fsp3) is 0.800. The highest BCUT2D eigenvalue weighted by Gasteiger charge is 2.40. The molecule has 1 atom stereocenters. The van der Waals surface area contributed by atoms with E-state index in [4.69, 9.17) is 9.15 Å². The van der Waals surface area contributed by atoms with E-state index in [1.807, 2.05) is 6.26 Å². The first-order chi connectivity index (χ1) is 13.6. The van der Waals surface area contributed by atoms with Gasteiger partial charge >= 0.3 is 5.97 Å². The lowest BCUT2D eigenvalue weighted by molar-refractivity contribution is -0.147. The van der Waals surface area contributed by atoms with E-state index in [9.17, 15) is 4.79 Å². The second-order valence-corrected chi connectivity index (χ2v) is 15.4. The van der Waals surface area contributed by atoms with Gasteiger partial charge in [0.1, 0.15) is 14.2 Å². The van der Waals surface area contributed by atoms with Crippen molar-refractivity contribution >= 4 is 19.4 Å². The van der Waals surface area contributed by atoms with Crippen molar-refractivity contribution in [3.05, 3.63) is 17.9 Å². The first-order valence-corrected chi connectivity index (χ1v) is 14.9. The van der Waals surface area contributed by atoms with Crippen LogP contribution in [0.4, 0.5) is 0 Å². The summed E-state index contributed by atoms with van der Waals surface area (Å²) in [6.07, 6.45) is 15.6. The highest BCUT2D eigenvalue weighted by atomic mass is 28.3. The molecule has 1 unspecified atom stereocenters. The Morgan fingerprint density at radius 3 is 2.00 bits per heavy atom. The average Bonchev–Trinajstić information content (AvgIpc) is 3.11. The van der Waals surface area contributed by atoms with E-state index < -0.39 is 8.07 Å². The minimum Gasteiger partial charge on any atom is -0.474 e. The highest BCUT2D eigenvalue weighted by Crippen LogP contribution is 2.36. The summed E-state index contributed by atoms with van der Waals surface area (Å²) in [5.74, 6) is -0.211. The molecule has 0 aliphatic rings. The van der Waals surface area contributed by atoms with Crippen LogP contribution in [0.5, 0.6) is 0 Å². The maximum absolute atomic E-state index is 11.6. The van der Waals surface area contributed by atoms with Crippen LogP contribution in [0.25, 0.3) is 0 Å². The van der Waals surface area contributed by atoms with Crippen LogP contribution in [0, 0.1) is 0 Å². The first kappa shape index (κ1) is 26.0. The Balaban J connectivity index is 2.48. The predicted molar refractivity (Wildman–Crippen MR) is 127 cm³/mol. The summed E-state index contributed by atoms with van der Waals surface area (Å²) in [5.41, 5.74) is 1.02. The summed E-state index contributed by atoms with van der Waals surface area (Å²) in [7, 11) is -1.72. The van der Waals surface area contributed by atoms with Crippen molar-refractivity contribution in [3.8, 4) is 0 Å². The lowest BCUT2D eigenvalue weighted by Gasteiger charge is -2.34. The Hall–Kier alpha value is -1.03. The van der Waals surface area contributed by atoms with Crippen LogP contribution >= 0.6 is 0 Å². The Morgan fingerprint density at radius 1 is 1.00 bits per heavy atom. The van der Waals surface area contributed by atoms with Gasteiger partial charge in [0.2, 0.25) is 0 Å². The number of hydrogen-bond donors (Lipinski definition) is 0. The number of unbranched alkanes of at least 4 members (excludes halogenated alkanes) is 9. The molecule has 4 heteroatoms. The van der Waals surface area contributed by atoms with Crippen molar-refractivity contribution in [1.82, 2.24) is 0 Å². The summed E-state index contributed by atoms with van der Waals surface area (Å²) >= 11 is 0. The van der Waals surface area contributed by atoms with Crippen LogP contribution in [0.15, 0.2) is 16.7 Å². The average molecular weight is 423 g/mol. The number of carbonyl (C=O) groups excluding carboxylic acids is 1. The molecule has 0 aromatic carbocycles. The van der Waals surface area contributed by atoms with Gasteiger partial charge in [0.05, 0.1) is 11.6 Å². The second-order valence-electron chi connectivity index (χ2n) is 10.2. The third-order valence-electron chi connectivity index (χ3n) is 6.61. The molecule has 1 aromatic heterocycles. The number of esters is 1. The molecule has 1 rings (SSSR count). The highest BCUT2D eigenvalue weighted by molar-refractivity contribution is 6.91. The molecule has 0 aliphatic carbocycles. The Labute approximate surface area is 181 Å². The van der Waals surface area contributed by atoms with Crippen molar-refractivity contribution in [2.45, 2.75) is 129 Å². The molecule has 0 N–H and O–H groups in total. The maximum Gasteiger partial charge on any atom is 0.303 e. The summed E-state index contributed by atoms with van der Waals surface area (Å²) in [6.45, 7) is 15.3. The number of ether oxygens (including phenoxy) is 1. The van der Waals surface area contributed by atoms with Crippen LogP contribution in [0.3, 0.4) is 0 Å². The van der Waals surface area contributed by atoms with E-state index in [2.05, 4.69) is 46.9 Å². The molecule has 0 saturated heterocycles. The fourth-order valence-electron chi connectivity index (χ4n) is 3.53. The second kappa shape index (κ2) is 12.6. The van der Waals surface area contributed by atoms with Crippen LogP contribution in [-0.4, -0.2) is 14.0 Å². The molecule has 0 amide bonds. The zero-order valence-corrected chi connectivity index (χ0v) is 21.2. The molecule has 0 radical (unpaired) electrons. The van der Waals surface area contributed by atoms with Gasteiger partial charge in [-0.05, 0) is 23.9 Å². The van der Waals surface area contributed by atoms with E-state index in [1.54, 1.807) is 0 Å². The van der Waals surface area contributed by atoms with Gasteiger partial charge in [0.15, 0.2) is 0 Å².